The van der Waals surface area contributed by atoms with Gasteiger partial charge in [0.05, 0.1) is 22.8 Å². The molecule has 0 radical (unpaired) electrons. The number of fused-ring (bicyclic) bond motifs is 1. The largest absolute Gasteiger partial charge is 0.486 e. The predicted octanol–water partition coefficient (Wildman–Crippen LogP) is 5.73. The first-order chi connectivity index (χ1) is 20.5. The summed E-state index contributed by atoms with van der Waals surface area (Å²) in [5.41, 5.74) is 3.28. The highest BCUT2D eigenvalue weighted by Gasteiger charge is 2.20. The van der Waals surface area contributed by atoms with Crippen LogP contribution in [-0.4, -0.2) is 45.8 Å². The normalized spacial score (nSPS) is 11.3. The van der Waals surface area contributed by atoms with Gasteiger partial charge < -0.3 is 24.8 Å². The van der Waals surface area contributed by atoms with Crippen molar-refractivity contribution in [3.63, 3.8) is 0 Å². The summed E-state index contributed by atoms with van der Waals surface area (Å²) < 4.78 is 8.19. The number of nitrogens with zero attached hydrogens (tertiary/aromatic N) is 4. The van der Waals surface area contributed by atoms with Gasteiger partial charge in [0.2, 0.25) is 17.7 Å². The number of pyridine rings is 1. The van der Waals surface area contributed by atoms with Crippen LogP contribution in [0.3, 0.4) is 0 Å². The van der Waals surface area contributed by atoms with Crippen LogP contribution in [0.4, 0.5) is 11.5 Å². The molecule has 0 bridgehead atoms. The number of aromatic nitrogens is 3. The lowest BCUT2D eigenvalue weighted by molar-refractivity contribution is -0.122. The average Bonchev–Trinajstić information content (AvgIpc) is 3.32. The average molecular weight is 624 g/mol. The summed E-state index contributed by atoms with van der Waals surface area (Å²) in [4.78, 5) is 46.6. The van der Waals surface area contributed by atoms with Crippen LogP contribution in [0.15, 0.2) is 54.7 Å². The van der Waals surface area contributed by atoms with E-state index in [4.69, 9.17) is 32.9 Å². The second kappa shape index (κ2) is 13.7. The zero-order chi connectivity index (χ0) is 31.3. The van der Waals surface area contributed by atoms with Gasteiger partial charge in [-0.05, 0) is 48.0 Å². The molecule has 0 aliphatic heterocycles. The van der Waals surface area contributed by atoms with E-state index in [9.17, 15) is 14.4 Å². The quantitative estimate of drug-likeness (QED) is 0.218. The fraction of sp³-hybridized carbons (Fsp3) is 0.258. The summed E-state index contributed by atoms with van der Waals surface area (Å²) in [5, 5.41) is 5.79. The Morgan fingerprint density at radius 1 is 1.12 bits per heavy atom. The number of ether oxygens (including phenoxy) is 1. The second-order valence-electron chi connectivity index (χ2n) is 10.1. The molecule has 10 nitrogen and oxygen atoms in total. The smallest absolute Gasteiger partial charge is 0.246 e. The number of para-hydroxylation sites is 1. The summed E-state index contributed by atoms with van der Waals surface area (Å²) in [6.45, 7) is 5.36. The van der Waals surface area contributed by atoms with Crippen LogP contribution in [0.2, 0.25) is 10.0 Å². The van der Waals surface area contributed by atoms with Crippen molar-refractivity contribution in [3.8, 4) is 5.75 Å². The van der Waals surface area contributed by atoms with Crippen molar-refractivity contribution < 1.29 is 19.1 Å². The first-order valence-electron chi connectivity index (χ1n) is 13.5. The maximum atomic E-state index is 12.9. The van der Waals surface area contributed by atoms with Gasteiger partial charge in [-0.3, -0.25) is 14.4 Å². The van der Waals surface area contributed by atoms with Crippen LogP contribution in [-0.2, 0) is 28.0 Å². The summed E-state index contributed by atoms with van der Waals surface area (Å²) >= 11 is 13.2. The molecule has 2 aromatic heterocycles. The Kier molecular flexibility index (Phi) is 10.1. The van der Waals surface area contributed by atoms with E-state index in [-0.39, 0.29) is 30.0 Å². The molecule has 4 rings (SSSR count). The Balaban J connectivity index is 1.40. The third-order valence-corrected chi connectivity index (χ3v) is 7.41. The number of nitrogens with one attached hydrogen (secondary N) is 2. The number of hydrogen-bond donors (Lipinski definition) is 2. The standard InChI is InChI=1S/C31H32Cl2N6O4/c1-18(2)31-37-30-24(39(31)5)7-6-8-25(30)43-17-21-22(32)11-12-23(29(21)33)38(4)28(42)16-35-27(41)14-10-20-9-13-26(34-15-20)36-19(3)40/h6-15,18H,16-17H2,1-5H3,(H,35,41)(H,34,36,40). The molecule has 0 saturated carbocycles. The van der Waals surface area contributed by atoms with Crippen LogP contribution in [0, 0.1) is 0 Å². The van der Waals surface area contributed by atoms with Gasteiger partial charge in [0.15, 0.2) is 0 Å². The molecule has 224 valence electrons. The van der Waals surface area contributed by atoms with E-state index in [1.54, 1.807) is 37.4 Å². The van der Waals surface area contributed by atoms with Crippen molar-refractivity contribution >= 4 is 69.5 Å². The molecule has 4 aromatic rings. The van der Waals surface area contributed by atoms with Crippen LogP contribution in [0.5, 0.6) is 5.75 Å². The molecule has 2 N–H and O–H groups in total. The lowest BCUT2D eigenvalue weighted by atomic mass is 10.2. The van der Waals surface area contributed by atoms with E-state index < -0.39 is 11.8 Å². The third-order valence-electron chi connectivity index (χ3n) is 6.63. The van der Waals surface area contributed by atoms with Gasteiger partial charge in [-0.15, -0.1) is 0 Å². The number of hydrogen-bond acceptors (Lipinski definition) is 6. The van der Waals surface area contributed by atoms with Crippen molar-refractivity contribution in [1.29, 1.82) is 0 Å². The van der Waals surface area contributed by atoms with Gasteiger partial charge in [0.1, 0.15) is 29.5 Å². The van der Waals surface area contributed by atoms with Gasteiger partial charge in [0.25, 0.3) is 0 Å². The highest BCUT2D eigenvalue weighted by molar-refractivity contribution is 6.38. The Labute approximate surface area is 259 Å². The molecule has 0 saturated heterocycles. The molecule has 3 amide bonds. The van der Waals surface area contributed by atoms with Gasteiger partial charge >= 0.3 is 0 Å². The summed E-state index contributed by atoms with van der Waals surface area (Å²) in [7, 11) is 3.54. The minimum absolute atomic E-state index is 0.0580. The number of likely N-dealkylation sites (N-methyl/N-ethyl adjacent to an activating group) is 1. The monoisotopic (exact) mass is 622 g/mol. The number of amides is 3. The molecule has 0 aliphatic carbocycles. The molecule has 0 unspecified atom stereocenters. The number of aryl methyl sites for hydroxylation is 1. The predicted molar refractivity (Wildman–Crippen MR) is 170 cm³/mol. The van der Waals surface area contributed by atoms with Crippen LogP contribution >= 0.6 is 23.2 Å². The molecule has 43 heavy (non-hydrogen) atoms. The molecule has 2 aromatic carbocycles. The van der Waals surface area contributed by atoms with Crippen molar-refractivity contribution in [2.24, 2.45) is 7.05 Å². The van der Waals surface area contributed by atoms with Crippen LogP contribution in [0.1, 0.15) is 43.6 Å². The van der Waals surface area contributed by atoms with Gasteiger partial charge in [-0.25, -0.2) is 9.97 Å². The molecule has 0 spiro atoms. The maximum Gasteiger partial charge on any atom is 0.246 e. The Morgan fingerprint density at radius 2 is 1.88 bits per heavy atom. The Hall–Kier alpha value is -4.41. The van der Waals surface area contributed by atoms with Crippen molar-refractivity contribution in [1.82, 2.24) is 19.9 Å². The Bertz CT molecular complexity index is 1700. The summed E-state index contributed by atoms with van der Waals surface area (Å²) in [5.74, 6) is 1.11. The third kappa shape index (κ3) is 7.52. The van der Waals surface area contributed by atoms with E-state index in [1.807, 2.05) is 29.8 Å². The molecular formula is C31H32Cl2N6O4. The fourth-order valence-electron chi connectivity index (χ4n) is 4.37. The number of anilines is 2. The van der Waals surface area contributed by atoms with Crippen LogP contribution < -0.4 is 20.3 Å². The molecular weight excluding hydrogens is 591 g/mol. The number of carbonyl (C=O) groups is 3. The number of imidazole rings is 1. The summed E-state index contributed by atoms with van der Waals surface area (Å²) in [6, 6.07) is 12.3. The van der Waals surface area contributed by atoms with Gasteiger partial charge in [-0.1, -0.05) is 43.1 Å². The van der Waals surface area contributed by atoms with Crippen LogP contribution in [0.25, 0.3) is 17.1 Å². The van der Waals surface area contributed by atoms with E-state index in [2.05, 4.69) is 29.5 Å². The molecule has 2 heterocycles. The van der Waals surface area contributed by atoms with E-state index in [0.717, 1.165) is 16.9 Å². The minimum Gasteiger partial charge on any atom is -0.486 e. The number of rotatable bonds is 10. The van der Waals surface area contributed by atoms with E-state index >= 15 is 0 Å². The highest BCUT2D eigenvalue weighted by Crippen LogP contribution is 2.35. The molecule has 12 heteroatoms. The first kappa shape index (κ1) is 31.5. The van der Waals surface area contributed by atoms with E-state index in [0.29, 0.717) is 33.4 Å². The molecule has 0 atom stereocenters. The zero-order valence-corrected chi connectivity index (χ0v) is 26.0. The fourth-order valence-corrected chi connectivity index (χ4v) is 4.98. The van der Waals surface area contributed by atoms with Crippen molar-refractivity contribution in [2.75, 3.05) is 23.8 Å². The zero-order valence-electron chi connectivity index (χ0n) is 24.4. The summed E-state index contributed by atoms with van der Waals surface area (Å²) in [6.07, 6.45) is 4.35. The first-order valence-corrected chi connectivity index (χ1v) is 14.2. The lowest BCUT2D eigenvalue weighted by Gasteiger charge is -2.21. The number of benzene rings is 2. The van der Waals surface area contributed by atoms with E-state index in [1.165, 1.54) is 24.1 Å². The SMILES string of the molecule is CC(=O)Nc1ccc(C=CC(=O)NCC(=O)N(C)c2ccc(Cl)c(COc3cccc4c3nc(C(C)C)n4C)c2Cl)cn1. The maximum absolute atomic E-state index is 12.9. The topological polar surface area (TPSA) is 118 Å². The molecule has 0 fully saturated rings. The number of halogens is 2. The molecule has 0 aliphatic rings. The Morgan fingerprint density at radius 3 is 2.56 bits per heavy atom. The minimum atomic E-state index is -0.465. The lowest BCUT2D eigenvalue weighted by Crippen LogP contribution is -2.37. The van der Waals surface area contributed by atoms with Crippen molar-refractivity contribution in [2.45, 2.75) is 33.3 Å². The van der Waals surface area contributed by atoms with Crippen molar-refractivity contribution in [3.05, 3.63) is 81.7 Å². The van der Waals surface area contributed by atoms with Gasteiger partial charge in [-0.2, -0.15) is 0 Å². The second-order valence-corrected chi connectivity index (χ2v) is 10.9. The number of carbonyl (C=O) groups excluding carboxylic acids is 3. The van der Waals surface area contributed by atoms with Gasteiger partial charge in [0, 0.05) is 49.8 Å². The highest BCUT2D eigenvalue weighted by atomic mass is 35.5.